The molecule has 3 rings (SSSR count). The molecule has 4 heteroatoms. The molecule has 1 aromatic carbocycles. The van der Waals surface area contributed by atoms with Crippen molar-refractivity contribution in [1.29, 1.82) is 0 Å². The van der Waals surface area contributed by atoms with Gasteiger partial charge < -0.3 is 15.2 Å². The molecule has 4 nitrogen and oxygen atoms in total. The highest BCUT2D eigenvalue weighted by Gasteiger charge is 2.28. The number of benzene rings is 1. The van der Waals surface area contributed by atoms with Crippen LogP contribution in [-0.2, 0) is 16.0 Å². The summed E-state index contributed by atoms with van der Waals surface area (Å²) in [6.45, 7) is 3.45. The molecule has 0 radical (unpaired) electrons. The van der Waals surface area contributed by atoms with Gasteiger partial charge in [-0.25, -0.2) is 0 Å². The zero-order valence-corrected chi connectivity index (χ0v) is 14.1. The van der Waals surface area contributed by atoms with E-state index in [-0.39, 0.29) is 18.1 Å². The SMILES string of the molecule is CC(=O)NC(C)C1=CC2=CC(CCc3ccc(O)cc3)=CCC2O1. The van der Waals surface area contributed by atoms with E-state index in [0.717, 1.165) is 25.0 Å². The quantitative estimate of drug-likeness (QED) is 0.872. The third-order valence-corrected chi connectivity index (χ3v) is 4.39. The molecule has 2 unspecified atom stereocenters. The molecule has 0 saturated heterocycles. The van der Waals surface area contributed by atoms with Gasteiger partial charge in [0, 0.05) is 13.3 Å². The Kier molecular flexibility index (Phi) is 4.74. The fourth-order valence-corrected chi connectivity index (χ4v) is 3.10. The van der Waals surface area contributed by atoms with Crippen molar-refractivity contribution >= 4 is 5.91 Å². The first-order chi connectivity index (χ1) is 11.5. The Balaban J connectivity index is 1.62. The van der Waals surface area contributed by atoms with E-state index in [4.69, 9.17) is 4.74 Å². The van der Waals surface area contributed by atoms with Gasteiger partial charge in [0.1, 0.15) is 17.6 Å². The molecular weight excluding hydrogens is 302 g/mol. The number of carbonyl (C=O) groups is 1. The van der Waals surface area contributed by atoms with Crippen LogP contribution in [-0.4, -0.2) is 23.2 Å². The van der Waals surface area contributed by atoms with Gasteiger partial charge in [-0.2, -0.15) is 0 Å². The van der Waals surface area contributed by atoms with Crippen molar-refractivity contribution < 1.29 is 14.6 Å². The van der Waals surface area contributed by atoms with Crippen molar-refractivity contribution in [2.75, 3.05) is 0 Å². The predicted octanol–water partition coefficient (Wildman–Crippen LogP) is 3.39. The first-order valence-corrected chi connectivity index (χ1v) is 8.35. The minimum absolute atomic E-state index is 0.0523. The third kappa shape index (κ3) is 3.88. The molecule has 0 aromatic heterocycles. The monoisotopic (exact) mass is 325 g/mol. The normalized spacial score (nSPS) is 20.2. The number of hydrogen-bond acceptors (Lipinski definition) is 3. The number of ether oxygens (including phenoxy) is 1. The molecule has 2 atom stereocenters. The molecule has 1 aromatic rings. The van der Waals surface area contributed by atoms with Gasteiger partial charge in [0.2, 0.25) is 5.91 Å². The highest BCUT2D eigenvalue weighted by Crippen LogP contribution is 2.32. The van der Waals surface area contributed by atoms with Crippen molar-refractivity contribution in [3.8, 4) is 5.75 Å². The molecule has 126 valence electrons. The number of amides is 1. The van der Waals surface area contributed by atoms with Gasteiger partial charge in [-0.1, -0.05) is 29.9 Å². The maximum absolute atomic E-state index is 11.2. The summed E-state index contributed by atoms with van der Waals surface area (Å²) in [7, 11) is 0. The lowest BCUT2D eigenvalue weighted by Gasteiger charge is -2.20. The third-order valence-electron chi connectivity index (χ3n) is 4.39. The van der Waals surface area contributed by atoms with Crippen LogP contribution in [0.3, 0.4) is 0 Å². The number of aromatic hydroxyl groups is 1. The van der Waals surface area contributed by atoms with Crippen LogP contribution in [0.15, 0.2) is 59.4 Å². The Bertz CT molecular complexity index is 713. The number of phenols is 1. The number of phenolic OH excluding ortho intramolecular Hbond substituents is 1. The van der Waals surface area contributed by atoms with Gasteiger partial charge in [0.15, 0.2) is 0 Å². The lowest BCUT2D eigenvalue weighted by Crippen LogP contribution is -2.32. The number of allylic oxidation sites excluding steroid dienone is 2. The van der Waals surface area contributed by atoms with Crippen LogP contribution in [0.5, 0.6) is 5.75 Å². The number of carbonyl (C=O) groups excluding carboxylic acids is 1. The van der Waals surface area contributed by atoms with Crippen LogP contribution in [0.4, 0.5) is 0 Å². The van der Waals surface area contributed by atoms with E-state index < -0.39 is 0 Å². The van der Waals surface area contributed by atoms with Crippen LogP contribution >= 0.6 is 0 Å². The topological polar surface area (TPSA) is 58.6 Å². The minimum atomic E-state index is -0.102. The van der Waals surface area contributed by atoms with E-state index in [1.807, 2.05) is 19.1 Å². The van der Waals surface area contributed by atoms with Crippen LogP contribution in [0, 0.1) is 0 Å². The second-order valence-electron chi connectivity index (χ2n) is 6.40. The lowest BCUT2D eigenvalue weighted by atomic mass is 9.93. The van der Waals surface area contributed by atoms with E-state index in [1.165, 1.54) is 23.6 Å². The zero-order chi connectivity index (χ0) is 17.1. The van der Waals surface area contributed by atoms with Crippen molar-refractivity contribution in [2.45, 2.75) is 45.3 Å². The number of hydrogen-bond donors (Lipinski definition) is 2. The Hall–Kier alpha value is -2.49. The molecule has 24 heavy (non-hydrogen) atoms. The minimum Gasteiger partial charge on any atom is -0.508 e. The number of rotatable bonds is 5. The van der Waals surface area contributed by atoms with Gasteiger partial charge in [-0.05, 0) is 49.1 Å². The van der Waals surface area contributed by atoms with Crippen molar-refractivity contribution in [2.24, 2.45) is 0 Å². The summed E-state index contributed by atoms with van der Waals surface area (Å²) >= 11 is 0. The van der Waals surface area contributed by atoms with Gasteiger partial charge in [-0.3, -0.25) is 4.79 Å². The van der Waals surface area contributed by atoms with E-state index in [9.17, 15) is 9.90 Å². The molecule has 2 aliphatic rings. The summed E-state index contributed by atoms with van der Waals surface area (Å²) in [5, 5.41) is 12.2. The molecule has 0 saturated carbocycles. The second kappa shape index (κ2) is 6.95. The van der Waals surface area contributed by atoms with Crippen LogP contribution < -0.4 is 5.32 Å². The first kappa shape index (κ1) is 16.4. The first-order valence-electron chi connectivity index (χ1n) is 8.35. The Labute approximate surface area is 142 Å². The molecule has 1 aliphatic heterocycles. The Morgan fingerprint density at radius 3 is 2.75 bits per heavy atom. The zero-order valence-electron chi connectivity index (χ0n) is 14.1. The molecule has 2 N–H and O–H groups in total. The van der Waals surface area contributed by atoms with Crippen LogP contribution in [0.1, 0.15) is 32.3 Å². The van der Waals surface area contributed by atoms with Crippen LogP contribution in [0.2, 0.25) is 0 Å². The average molecular weight is 325 g/mol. The highest BCUT2D eigenvalue weighted by molar-refractivity contribution is 5.73. The van der Waals surface area contributed by atoms with Crippen molar-refractivity contribution in [1.82, 2.24) is 5.32 Å². The average Bonchev–Trinajstić information content (AvgIpc) is 2.97. The van der Waals surface area contributed by atoms with E-state index >= 15 is 0 Å². The Morgan fingerprint density at radius 1 is 1.29 bits per heavy atom. The standard InChI is InChI=1S/C20H23NO3/c1-13(21-14(2)22)20-12-17-11-16(7-10-19(17)24-20)4-3-15-5-8-18(23)9-6-15/h5-9,11-13,19,23H,3-4,10H2,1-2H3,(H,21,22). The van der Waals surface area contributed by atoms with Gasteiger partial charge in [0.25, 0.3) is 0 Å². The van der Waals surface area contributed by atoms with Gasteiger partial charge in [-0.15, -0.1) is 0 Å². The number of nitrogens with one attached hydrogen (secondary N) is 1. The summed E-state index contributed by atoms with van der Waals surface area (Å²) in [4.78, 5) is 11.2. The highest BCUT2D eigenvalue weighted by atomic mass is 16.5. The van der Waals surface area contributed by atoms with E-state index in [1.54, 1.807) is 12.1 Å². The molecule has 0 fully saturated rings. The molecule has 1 aliphatic carbocycles. The van der Waals surface area contributed by atoms with Crippen molar-refractivity contribution in [3.63, 3.8) is 0 Å². The smallest absolute Gasteiger partial charge is 0.217 e. The summed E-state index contributed by atoms with van der Waals surface area (Å²) in [5.74, 6) is 1.08. The largest absolute Gasteiger partial charge is 0.508 e. The maximum atomic E-state index is 11.2. The molecular formula is C20H23NO3. The van der Waals surface area contributed by atoms with Gasteiger partial charge in [0.05, 0.1) is 6.04 Å². The molecule has 0 bridgehead atoms. The van der Waals surface area contributed by atoms with Crippen LogP contribution in [0.25, 0.3) is 0 Å². The molecule has 0 spiro atoms. The van der Waals surface area contributed by atoms with E-state index in [0.29, 0.717) is 5.75 Å². The molecule has 1 amide bonds. The summed E-state index contributed by atoms with van der Waals surface area (Å²) < 4.78 is 5.96. The number of fused-ring (bicyclic) bond motifs is 1. The lowest BCUT2D eigenvalue weighted by molar-refractivity contribution is -0.119. The maximum Gasteiger partial charge on any atom is 0.217 e. The summed E-state index contributed by atoms with van der Waals surface area (Å²) in [5.41, 5.74) is 3.71. The summed E-state index contributed by atoms with van der Waals surface area (Å²) in [6, 6.07) is 7.26. The number of aryl methyl sites for hydroxylation is 1. The van der Waals surface area contributed by atoms with E-state index in [2.05, 4.69) is 23.5 Å². The summed E-state index contributed by atoms with van der Waals surface area (Å²) in [6.07, 6.45) is 9.33. The molecule has 1 heterocycles. The fourth-order valence-electron chi connectivity index (χ4n) is 3.10. The predicted molar refractivity (Wildman–Crippen MR) is 93.4 cm³/mol. The second-order valence-corrected chi connectivity index (χ2v) is 6.40. The van der Waals surface area contributed by atoms with Crippen molar-refractivity contribution in [3.05, 3.63) is 65.0 Å². The Morgan fingerprint density at radius 2 is 2.04 bits per heavy atom. The fraction of sp³-hybridized carbons (Fsp3) is 0.350. The van der Waals surface area contributed by atoms with Gasteiger partial charge >= 0.3 is 0 Å².